The lowest BCUT2D eigenvalue weighted by molar-refractivity contribution is -0.137. The maximum Gasteiger partial charge on any atom is 0.390 e. The van der Waals surface area contributed by atoms with Crippen LogP contribution < -0.4 is 5.32 Å². The van der Waals surface area contributed by atoms with E-state index in [1.807, 2.05) is 0 Å². The van der Waals surface area contributed by atoms with Crippen LogP contribution in [-0.4, -0.2) is 33.4 Å². The van der Waals surface area contributed by atoms with Gasteiger partial charge in [0.05, 0.1) is 19.0 Å². The van der Waals surface area contributed by atoms with Crippen molar-refractivity contribution in [1.29, 1.82) is 0 Å². The minimum atomic E-state index is -4.19. The van der Waals surface area contributed by atoms with Crippen molar-refractivity contribution in [3.8, 4) is 0 Å². The molecule has 0 aliphatic heterocycles. The fourth-order valence-corrected chi connectivity index (χ4v) is 1.04. The highest BCUT2D eigenvalue weighted by molar-refractivity contribution is 4.88. The summed E-state index contributed by atoms with van der Waals surface area (Å²) >= 11 is 0. The standard InChI is InChI=1S/C7H12F3N5/c1-5(11-2)6-12-13-14-15(6)4-3-7(8,9)10/h5,11H,3-4H2,1-2H3. The van der Waals surface area contributed by atoms with E-state index in [-0.39, 0.29) is 12.6 Å². The van der Waals surface area contributed by atoms with Crippen LogP contribution in [0.1, 0.15) is 25.2 Å². The summed E-state index contributed by atoms with van der Waals surface area (Å²) in [6.45, 7) is 1.52. The topological polar surface area (TPSA) is 55.6 Å². The van der Waals surface area contributed by atoms with Crippen molar-refractivity contribution in [1.82, 2.24) is 25.5 Å². The van der Waals surface area contributed by atoms with Crippen molar-refractivity contribution in [2.75, 3.05) is 7.05 Å². The summed E-state index contributed by atoms with van der Waals surface area (Å²) in [6.07, 6.45) is -5.12. The van der Waals surface area contributed by atoms with E-state index in [1.54, 1.807) is 14.0 Å². The predicted molar refractivity (Wildman–Crippen MR) is 46.0 cm³/mol. The Labute approximate surface area is 84.7 Å². The monoisotopic (exact) mass is 223 g/mol. The van der Waals surface area contributed by atoms with Crippen LogP contribution in [0, 0.1) is 0 Å². The molecule has 1 heterocycles. The Morgan fingerprint density at radius 2 is 2.13 bits per heavy atom. The summed E-state index contributed by atoms with van der Waals surface area (Å²) in [5.41, 5.74) is 0. The van der Waals surface area contributed by atoms with E-state index in [4.69, 9.17) is 0 Å². The number of alkyl halides is 3. The Kier molecular flexibility index (Phi) is 3.61. The Balaban J connectivity index is 2.65. The fourth-order valence-electron chi connectivity index (χ4n) is 1.04. The smallest absolute Gasteiger partial charge is 0.311 e. The molecule has 1 N–H and O–H groups in total. The first-order chi connectivity index (χ1) is 6.94. The highest BCUT2D eigenvalue weighted by Crippen LogP contribution is 2.20. The average molecular weight is 223 g/mol. The van der Waals surface area contributed by atoms with E-state index in [2.05, 4.69) is 20.8 Å². The first kappa shape index (κ1) is 11.9. The number of rotatable bonds is 4. The van der Waals surface area contributed by atoms with E-state index in [1.165, 1.54) is 0 Å². The summed E-state index contributed by atoms with van der Waals surface area (Å²) in [5, 5.41) is 13.4. The molecule has 0 saturated carbocycles. The van der Waals surface area contributed by atoms with Gasteiger partial charge in [0.1, 0.15) is 0 Å². The molecule has 15 heavy (non-hydrogen) atoms. The summed E-state index contributed by atoms with van der Waals surface area (Å²) in [5.74, 6) is 0.404. The van der Waals surface area contributed by atoms with Gasteiger partial charge >= 0.3 is 6.18 Å². The van der Waals surface area contributed by atoms with Crippen molar-refractivity contribution in [3.05, 3.63) is 5.82 Å². The zero-order chi connectivity index (χ0) is 11.5. The SMILES string of the molecule is CNC(C)c1nnnn1CCC(F)(F)F. The van der Waals surface area contributed by atoms with Gasteiger partial charge in [-0.2, -0.15) is 13.2 Å². The van der Waals surface area contributed by atoms with Crippen LogP contribution in [0.25, 0.3) is 0 Å². The van der Waals surface area contributed by atoms with Gasteiger partial charge in [0, 0.05) is 0 Å². The molecule has 5 nitrogen and oxygen atoms in total. The molecule has 1 rings (SSSR count). The number of hydrogen-bond donors (Lipinski definition) is 1. The average Bonchev–Trinajstić information content (AvgIpc) is 2.60. The van der Waals surface area contributed by atoms with Crippen LogP contribution in [-0.2, 0) is 6.54 Å². The Hall–Kier alpha value is -1.18. The number of nitrogens with one attached hydrogen (secondary N) is 1. The lowest BCUT2D eigenvalue weighted by atomic mass is 10.3. The van der Waals surface area contributed by atoms with E-state index in [0.717, 1.165) is 4.68 Å². The summed E-state index contributed by atoms with van der Waals surface area (Å²) in [7, 11) is 1.69. The largest absolute Gasteiger partial charge is 0.390 e. The Bertz CT molecular complexity index is 308. The number of nitrogens with zero attached hydrogens (tertiary/aromatic N) is 4. The van der Waals surface area contributed by atoms with Gasteiger partial charge in [-0.15, -0.1) is 5.10 Å². The molecule has 1 aromatic heterocycles. The molecule has 0 aliphatic carbocycles. The second-order valence-electron chi connectivity index (χ2n) is 3.14. The maximum atomic E-state index is 12.0. The van der Waals surface area contributed by atoms with Gasteiger partial charge in [0.25, 0.3) is 0 Å². The van der Waals surface area contributed by atoms with Gasteiger partial charge in [-0.05, 0) is 24.4 Å². The number of hydrogen-bond acceptors (Lipinski definition) is 4. The first-order valence-corrected chi connectivity index (χ1v) is 4.44. The van der Waals surface area contributed by atoms with Gasteiger partial charge in [-0.25, -0.2) is 4.68 Å². The van der Waals surface area contributed by atoms with Gasteiger partial charge in [0.15, 0.2) is 5.82 Å². The summed E-state index contributed by atoms with van der Waals surface area (Å²) in [6, 6.07) is -0.173. The quantitative estimate of drug-likeness (QED) is 0.824. The second-order valence-corrected chi connectivity index (χ2v) is 3.14. The fraction of sp³-hybridized carbons (Fsp3) is 0.857. The van der Waals surface area contributed by atoms with Crippen LogP contribution in [0.2, 0.25) is 0 Å². The molecule has 0 aliphatic rings. The molecule has 0 aromatic carbocycles. The number of tetrazole rings is 1. The second kappa shape index (κ2) is 4.56. The molecule has 1 aromatic rings. The Morgan fingerprint density at radius 3 is 2.67 bits per heavy atom. The molecule has 0 radical (unpaired) electrons. The number of aromatic nitrogens is 4. The van der Waals surface area contributed by atoms with Crippen LogP contribution in [0.4, 0.5) is 13.2 Å². The molecule has 0 saturated heterocycles. The molecule has 0 spiro atoms. The van der Waals surface area contributed by atoms with Gasteiger partial charge in [-0.1, -0.05) is 0 Å². The van der Waals surface area contributed by atoms with Crippen molar-refractivity contribution in [3.63, 3.8) is 0 Å². The molecule has 0 amide bonds. The molecule has 0 bridgehead atoms. The minimum absolute atomic E-state index is 0.173. The maximum absolute atomic E-state index is 12.0. The zero-order valence-corrected chi connectivity index (χ0v) is 8.41. The zero-order valence-electron chi connectivity index (χ0n) is 8.41. The van der Waals surface area contributed by atoms with Crippen molar-refractivity contribution < 1.29 is 13.2 Å². The van der Waals surface area contributed by atoms with Crippen LogP contribution in [0.5, 0.6) is 0 Å². The van der Waals surface area contributed by atoms with Crippen molar-refractivity contribution in [2.45, 2.75) is 32.1 Å². The minimum Gasteiger partial charge on any atom is -0.311 e. The summed E-state index contributed by atoms with van der Waals surface area (Å²) < 4.78 is 37.1. The highest BCUT2D eigenvalue weighted by Gasteiger charge is 2.27. The van der Waals surface area contributed by atoms with Crippen molar-refractivity contribution >= 4 is 0 Å². The van der Waals surface area contributed by atoms with Crippen LogP contribution >= 0.6 is 0 Å². The molecule has 0 fully saturated rings. The third kappa shape index (κ3) is 3.46. The van der Waals surface area contributed by atoms with Gasteiger partial charge in [0.2, 0.25) is 0 Å². The lowest BCUT2D eigenvalue weighted by Gasteiger charge is -2.11. The first-order valence-electron chi connectivity index (χ1n) is 4.44. The highest BCUT2D eigenvalue weighted by atomic mass is 19.4. The summed E-state index contributed by atoms with van der Waals surface area (Å²) in [4.78, 5) is 0. The molecule has 8 heteroatoms. The van der Waals surface area contributed by atoms with Gasteiger partial charge in [-0.3, -0.25) is 0 Å². The third-order valence-electron chi connectivity index (χ3n) is 1.99. The molecular weight excluding hydrogens is 211 g/mol. The van der Waals surface area contributed by atoms with Crippen LogP contribution in [0.3, 0.4) is 0 Å². The van der Waals surface area contributed by atoms with Crippen LogP contribution in [0.15, 0.2) is 0 Å². The lowest BCUT2D eigenvalue weighted by Crippen LogP contribution is -2.20. The number of halogens is 3. The molecule has 1 unspecified atom stereocenters. The van der Waals surface area contributed by atoms with E-state index in [0.29, 0.717) is 5.82 Å². The number of aryl methyl sites for hydroxylation is 1. The van der Waals surface area contributed by atoms with Gasteiger partial charge < -0.3 is 5.32 Å². The third-order valence-corrected chi connectivity index (χ3v) is 1.99. The van der Waals surface area contributed by atoms with E-state index >= 15 is 0 Å². The predicted octanol–water partition coefficient (Wildman–Crippen LogP) is 0.906. The van der Waals surface area contributed by atoms with Crippen molar-refractivity contribution in [2.24, 2.45) is 0 Å². The molecular formula is C7H12F3N5. The molecule has 1 atom stereocenters. The van der Waals surface area contributed by atoms with E-state index < -0.39 is 12.6 Å². The normalized spacial score (nSPS) is 14.2. The Morgan fingerprint density at radius 1 is 1.47 bits per heavy atom. The van der Waals surface area contributed by atoms with E-state index in [9.17, 15) is 13.2 Å². The molecule has 86 valence electrons.